The summed E-state index contributed by atoms with van der Waals surface area (Å²) in [4.78, 5) is 7.91. The molecule has 0 aliphatic rings. The van der Waals surface area contributed by atoms with Crippen molar-refractivity contribution in [2.45, 2.75) is 33.3 Å². The SMILES string of the molecule is Cc1cc(OC(C)(C)C)nc(N)n1. The molecule has 0 spiro atoms. The van der Waals surface area contributed by atoms with Crippen LogP contribution in [0, 0.1) is 6.92 Å². The van der Waals surface area contributed by atoms with E-state index in [1.807, 2.05) is 27.7 Å². The number of hydrogen-bond acceptors (Lipinski definition) is 4. The Balaban J connectivity index is 2.90. The Labute approximate surface area is 78.1 Å². The maximum Gasteiger partial charge on any atom is 0.223 e. The van der Waals surface area contributed by atoms with Gasteiger partial charge < -0.3 is 10.5 Å². The molecule has 0 aliphatic carbocycles. The minimum atomic E-state index is -0.257. The monoisotopic (exact) mass is 181 g/mol. The zero-order valence-electron chi connectivity index (χ0n) is 8.46. The second-order valence-electron chi connectivity index (χ2n) is 3.92. The van der Waals surface area contributed by atoms with Gasteiger partial charge in [0.05, 0.1) is 0 Å². The standard InChI is InChI=1S/C9H15N3O/c1-6-5-7(12-8(10)11-6)13-9(2,3)4/h5H,1-4H3,(H2,10,11,12). The number of nitrogens with zero attached hydrogens (tertiary/aromatic N) is 2. The summed E-state index contributed by atoms with van der Waals surface area (Å²) in [6.07, 6.45) is 0. The lowest BCUT2D eigenvalue weighted by molar-refractivity contribution is 0.124. The summed E-state index contributed by atoms with van der Waals surface area (Å²) in [5, 5.41) is 0. The molecule has 0 atom stereocenters. The molecule has 4 nitrogen and oxygen atoms in total. The Morgan fingerprint density at radius 2 is 1.92 bits per heavy atom. The molecule has 1 aromatic heterocycles. The Morgan fingerprint density at radius 1 is 1.31 bits per heavy atom. The third kappa shape index (κ3) is 3.27. The summed E-state index contributed by atoms with van der Waals surface area (Å²) in [6, 6.07) is 1.77. The molecule has 1 aromatic rings. The second-order valence-corrected chi connectivity index (χ2v) is 3.92. The van der Waals surface area contributed by atoms with E-state index in [2.05, 4.69) is 9.97 Å². The largest absolute Gasteiger partial charge is 0.472 e. The quantitative estimate of drug-likeness (QED) is 0.714. The van der Waals surface area contributed by atoms with Crippen molar-refractivity contribution in [1.82, 2.24) is 9.97 Å². The second kappa shape index (κ2) is 3.20. The van der Waals surface area contributed by atoms with Crippen LogP contribution in [0.25, 0.3) is 0 Å². The van der Waals surface area contributed by atoms with E-state index >= 15 is 0 Å². The highest BCUT2D eigenvalue weighted by atomic mass is 16.5. The van der Waals surface area contributed by atoms with Gasteiger partial charge in [0.25, 0.3) is 0 Å². The molecule has 0 aromatic carbocycles. The average molecular weight is 181 g/mol. The molecule has 2 N–H and O–H groups in total. The molecule has 1 heterocycles. The van der Waals surface area contributed by atoms with Gasteiger partial charge in [-0.1, -0.05) is 0 Å². The number of nitrogens with two attached hydrogens (primary N) is 1. The molecule has 0 saturated heterocycles. The van der Waals surface area contributed by atoms with E-state index in [9.17, 15) is 0 Å². The first-order valence-electron chi connectivity index (χ1n) is 4.17. The van der Waals surface area contributed by atoms with Crippen LogP contribution in [0.1, 0.15) is 26.5 Å². The minimum Gasteiger partial charge on any atom is -0.472 e. The fraction of sp³-hybridized carbons (Fsp3) is 0.556. The van der Waals surface area contributed by atoms with Gasteiger partial charge in [0.15, 0.2) is 0 Å². The van der Waals surface area contributed by atoms with Gasteiger partial charge in [0, 0.05) is 11.8 Å². The molecule has 72 valence electrons. The summed E-state index contributed by atoms with van der Waals surface area (Å²) >= 11 is 0. The molecule has 1 rings (SSSR count). The zero-order chi connectivity index (χ0) is 10.1. The fourth-order valence-electron chi connectivity index (χ4n) is 0.928. The van der Waals surface area contributed by atoms with E-state index in [1.165, 1.54) is 0 Å². The molecule has 0 radical (unpaired) electrons. The van der Waals surface area contributed by atoms with Gasteiger partial charge in [0.2, 0.25) is 11.8 Å². The minimum absolute atomic E-state index is 0.249. The average Bonchev–Trinajstić information content (AvgIpc) is 1.78. The van der Waals surface area contributed by atoms with Gasteiger partial charge in [-0.05, 0) is 27.7 Å². The maximum atomic E-state index is 5.53. The van der Waals surface area contributed by atoms with Crippen LogP contribution in [0.4, 0.5) is 5.95 Å². The zero-order valence-corrected chi connectivity index (χ0v) is 8.46. The van der Waals surface area contributed by atoms with Crippen LogP contribution in [-0.4, -0.2) is 15.6 Å². The van der Waals surface area contributed by atoms with E-state index in [4.69, 9.17) is 10.5 Å². The third-order valence-corrected chi connectivity index (χ3v) is 1.26. The lowest BCUT2D eigenvalue weighted by Gasteiger charge is -2.20. The Morgan fingerprint density at radius 3 is 2.38 bits per heavy atom. The number of anilines is 1. The van der Waals surface area contributed by atoms with Gasteiger partial charge in [-0.3, -0.25) is 0 Å². The van der Waals surface area contributed by atoms with E-state index < -0.39 is 0 Å². The summed E-state index contributed by atoms with van der Waals surface area (Å²) in [5.74, 6) is 0.775. The fourth-order valence-corrected chi connectivity index (χ4v) is 0.928. The Bertz CT molecular complexity index is 284. The summed E-state index contributed by atoms with van der Waals surface area (Å²) in [5.41, 5.74) is 6.03. The van der Waals surface area contributed by atoms with Crippen molar-refractivity contribution in [3.63, 3.8) is 0 Å². The molecule has 0 saturated carbocycles. The molecule has 0 amide bonds. The van der Waals surface area contributed by atoms with Crippen molar-refractivity contribution < 1.29 is 4.74 Å². The smallest absolute Gasteiger partial charge is 0.223 e. The maximum absolute atomic E-state index is 5.53. The summed E-state index contributed by atoms with van der Waals surface area (Å²) in [6.45, 7) is 7.73. The van der Waals surface area contributed by atoms with Crippen molar-refractivity contribution in [3.05, 3.63) is 11.8 Å². The number of aryl methyl sites for hydroxylation is 1. The normalized spacial score (nSPS) is 11.4. The van der Waals surface area contributed by atoms with Crippen molar-refractivity contribution in [1.29, 1.82) is 0 Å². The molecular weight excluding hydrogens is 166 g/mol. The van der Waals surface area contributed by atoms with Crippen LogP contribution in [0.5, 0.6) is 5.88 Å². The predicted molar refractivity (Wildman–Crippen MR) is 51.6 cm³/mol. The molecule has 0 bridgehead atoms. The topological polar surface area (TPSA) is 61.0 Å². The van der Waals surface area contributed by atoms with E-state index in [1.54, 1.807) is 6.07 Å². The van der Waals surface area contributed by atoms with Crippen LogP contribution in [-0.2, 0) is 0 Å². The number of hydrogen-bond donors (Lipinski definition) is 1. The number of ether oxygens (including phenoxy) is 1. The molecule has 13 heavy (non-hydrogen) atoms. The number of aromatic nitrogens is 2. The van der Waals surface area contributed by atoms with Crippen LogP contribution < -0.4 is 10.5 Å². The lowest BCUT2D eigenvalue weighted by Crippen LogP contribution is -2.23. The first kappa shape index (κ1) is 9.77. The van der Waals surface area contributed by atoms with Gasteiger partial charge in [0.1, 0.15) is 5.60 Å². The highest BCUT2D eigenvalue weighted by Crippen LogP contribution is 2.16. The Kier molecular flexibility index (Phi) is 2.40. The molecular formula is C9H15N3O. The number of rotatable bonds is 1. The highest BCUT2D eigenvalue weighted by Gasteiger charge is 2.13. The molecule has 0 aliphatic heterocycles. The summed E-state index contributed by atoms with van der Waals surface area (Å²) < 4.78 is 5.53. The van der Waals surface area contributed by atoms with E-state index in [0.29, 0.717) is 5.88 Å². The molecule has 0 fully saturated rings. The van der Waals surface area contributed by atoms with Gasteiger partial charge >= 0.3 is 0 Å². The summed E-state index contributed by atoms with van der Waals surface area (Å²) in [7, 11) is 0. The van der Waals surface area contributed by atoms with E-state index in [0.717, 1.165) is 5.69 Å². The Hall–Kier alpha value is -1.32. The van der Waals surface area contributed by atoms with Gasteiger partial charge in [-0.15, -0.1) is 0 Å². The van der Waals surface area contributed by atoms with E-state index in [-0.39, 0.29) is 11.5 Å². The van der Waals surface area contributed by atoms with Crippen LogP contribution in [0.3, 0.4) is 0 Å². The predicted octanol–water partition coefficient (Wildman–Crippen LogP) is 1.54. The first-order chi connectivity index (χ1) is 5.87. The number of nitrogen functional groups attached to an aromatic ring is 1. The lowest BCUT2D eigenvalue weighted by atomic mass is 10.2. The third-order valence-electron chi connectivity index (χ3n) is 1.26. The van der Waals surface area contributed by atoms with Crippen LogP contribution in [0.15, 0.2) is 6.07 Å². The van der Waals surface area contributed by atoms with Gasteiger partial charge in [-0.25, -0.2) is 4.98 Å². The molecule has 0 unspecified atom stereocenters. The van der Waals surface area contributed by atoms with Crippen molar-refractivity contribution >= 4 is 5.95 Å². The van der Waals surface area contributed by atoms with Crippen molar-refractivity contribution in [2.24, 2.45) is 0 Å². The highest BCUT2D eigenvalue weighted by molar-refractivity contribution is 5.25. The van der Waals surface area contributed by atoms with Crippen LogP contribution >= 0.6 is 0 Å². The van der Waals surface area contributed by atoms with Crippen LogP contribution in [0.2, 0.25) is 0 Å². The first-order valence-corrected chi connectivity index (χ1v) is 4.17. The van der Waals surface area contributed by atoms with Crippen molar-refractivity contribution in [2.75, 3.05) is 5.73 Å². The van der Waals surface area contributed by atoms with Gasteiger partial charge in [-0.2, -0.15) is 4.98 Å². The van der Waals surface area contributed by atoms with Crippen molar-refractivity contribution in [3.8, 4) is 5.88 Å². The molecule has 4 heteroatoms.